The van der Waals surface area contributed by atoms with Crippen LogP contribution in [0.25, 0.3) is 10.9 Å². The average molecular weight is 377 g/mol. The van der Waals surface area contributed by atoms with Gasteiger partial charge in [0.1, 0.15) is 6.04 Å². The van der Waals surface area contributed by atoms with Gasteiger partial charge in [0.2, 0.25) is 5.91 Å². The summed E-state index contributed by atoms with van der Waals surface area (Å²) in [7, 11) is 0. The van der Waals surface area contributed by atoms with E-state index in [1.54, 1.807) is 0 Å². The molecule has 0 bridgehead atoms. The molecule has 0 radical (unpaired) electrons. The summed E-state index contributed by atoms with van der Waals surface area (Å²) in [6.45, 7) is 9.12. The summed E-state index contributed by atoms with van der Waals surface area (Å²) in [6, 6.07) is 14.3. The second-order valence-electron chi connectivity index (χ2n) is 7.47. The number of carbonyl (C=O) groups excluding carboxylic acids is 1. The van der Waals surface area contributed by atoms with Crippen molar-refractivity contribution in [1.82, 2.24) is 19.8 Å². The summed E-state index contributed by atoms with van der Waals surface area (Å²) in [4.78, 5) is 25.8. The van der Waals surface area contributed by atoms with Crippen LogP contribution in [0, 0.1) is 6.92 Å². The summed E-state index contributed by atoms with van der Waals surface area (Å²) in [5.74, 6) is 0.168. The number of carbonyl (C=O) groups is 1. The predicted molar refractivity (Wildman–Crippen MR) is 112 cm³/mol. The summed E-state index contributed by atoms with van der Waals surface area (Å²) in [6.07, 6.45) is 0.867. The van der Waals surface area contributed by atoms with Gasteiger partial charge in [-0.2, -0.15) is 0 Å². The maximum absolute atomic E-state index is 13.3. The van der Waals surface area contributed by atoms with E-state index < -0.39 is 0 Å². The SMILES string of the molecule is CCN(CC)CC(=O)N1CCc2c([nH]c3ccccc23)[C@H]1c1cccc(C)n1. The lowest BCUT2D eigenvalue weighted by Crippen LogP contribution is -2.45. The van der Waals surface area contributed by atoms with Crippen molar-refractivity contribution in [3.8, 4) is 0 Å². The summed E-state index contributed by atoms with van der Waals surface area (Å²) >= 11 is 0. The zero-order valence-electron chi connectivity index (χ0n) is 16.9. The third-order valence-electron chi connectivity index (χ3n) is 5.80. The molecule has 5 heteroatoms. The van der Waals surface area contributed by atoms with Gasteiger partial charge in [-0.25, -0.2) is 0 Å². The molecule has 0 saturated heterocycles. The van der Waals surface area contributed by atoms with Crippen molar-refractivity contribution in [2.45, 2.75) is 33.2 Å². The van der Waals surface area contributed by atoms with Crippen LogP contribution < -0.4 is 0 Å². The number of nitrogens with one attached hydrogen (secondary N) is 1. The van der Waals surface area contributed by atoms with Crippen molar-refractivity contribution in [2.24, 2.45) is 0 Å². The van der Waals surface area contributed by atoms with E-state index in [0.29, 0.717) is 6.54 Å². The zero-order valence-corrected chi connectivity index (χ0v) is 16.9. The van der Waals surface area contributed by atoms with Crippen LogP contribution in [0.4, 0.5) is 0 Å². The van der Waals surface area contributed by atoms with Crippen molar-refractivity contribution in [2.75, 3.05) is 26.2 Å². The second-order valence-corrected chi connectivity index (χ2v) is 7.47. The number of para-hydroxylation sites is 1. The van der Waals surface area contributed by atoms with E-state index in [4.69, 9.17) is 4.98 Å². The molecule has 5 nitrogen and oxygen atoms in total. The maximum Gasteiger partial charge on any atom is 0.237 e. The smallest absolute Gasteiger partial charge is 0.237 e. The number of hydrogen-bond acceptors (Lipinski definition) is 3. The Hall–Kier alpha value is -2.66. The Morgan fingerprint density at radius 2 is 1.96 bits per heavy atom. The molecular weight excluding hydrogens is 348 g/mol. The maximum atomic E-state index is 13.3. The fourth-order valence-electron chi connectivity index (χ4n) is 4.26. The van der Waals surface area contributed by atoms with Crippen molar-refractivity contribution in [3.63, 3.8) is 0 Å². The minimum atomic E-state index is -0.167. The number of aromatic amines is 1. The first-order valence-corrected chi connectivity index (χ1v) is 10.2. The molecule has 1 aromatic carbocycles. The molecule has 28 heavy (non-hydrogen) atoms. The number of rotatable bonds is 5. The van der Waals surface area contributed by atoms with Gasteiger partial charge in [0.15, 0.2) is 0 Å². The molecule has 0 fully saturated rings. The van der Waals surface area contributed by atoms with Crippen molar-refractivity contribution in [3.05, 3.63) is 65.1 Å². The van der Waals surface area contributed by atoms with Gasteiger partial charge < -0.3 is 9.88 Å². The van der Waals surface area contributed by atoms with Gasteiger partial charge in [-0.15, -0.1) is 0 Å². The van der Waals surface area contributed by atoms with Crippen LogP contribution in [0.1, 0.15) is 42.5 Å². The Morgan fingerprint density at radius 3 is 2.71 bits per heavy atom. The van der Waals surface area contributed by atoms with Crippen LogP contribution >= 0.6 is 0 Å². The summed E-state index contributed by atoms with van der Waals surface area (Å²) < 4.78 is 0. The zero-order chi connectivity index (χ0) is 19.7. The highest BCUT2D eigenvalue weighted by Gasteiger charge is 2.35. The Labute approximate surface area is 166 Å². The van der Waals surface area contributed by atoms with Crippen molar-refractivity contribution in [1.29, 1.82) is 0 Å². The standard InChI is InChI=1S/C23H28N4O/c1-4-26(5-2)15-21(28)27-14-13-18-17-10-6-7-11-19(17)25-22(18)23(27)20-12-8-9-16(3)24-20/h6-12,23,25H,4-5,13-15H2,1-3H3/t23-/m1/s1. The van der Waals surface area contributed by atoms with E-state index in [9.17, 15) is 4.79 Å². The minimum Gasteiger partial charge on any atom is -0.356 e. The number of amides is 1. The molecule has 1 N–H and O–H groups in total. The van der Waals surface area contributed by atoms with Crippen LogP contribution in [0.15, 0.2) is 42.5 Å². The summed E-state index contributed by atoms with van der Waals surface area (Å²) in [5, 5.41) is 1.26. The number of fused-ring (bicyclic) bond motifs is 3. The second kappa shape index (κ2) is 7.76. The first-order chi connectivity index (χ1) is 13.6. The highest BCUT2D eigenvalue weighted by Crippen LogP contribution is 2.37. The predicted octanol–water partition coefficient (Wildman–Crippen LogP) is 3.69. The topological polar surface area (TPSA) is 52.2 Å². The van der Waals surface area contributed by atoms with E-state index >= 15 is 0 Å². The number of aromatic nitrogens is 2. The normalized spacial score (nSPS) is 16.6. The fourth-order valence-corrected chi connectivity index (χ4v) is 4.26. The number of pyridine rings is 1. The van der Waals surface area contributed by atoms with Gasteiger partial charge in [-0.3, -0.25) is 14.7 Å². The summed E-state index contributed by atoms with van der Waals surface area (Å²) in [5.41, 5.74) is 5.45. The van der Waals surface area contributed by atoms with Gasteiger partial charge in [0.25, 0.3) is 0 Å². The number of nitrogens with zero attached hydrogens (tertiary/aromatic N) is 3. The first kappa shape index (κ1) is 18.7. The number of hydrogen-bond donors (Lipinski definition) is 1. The molecule has 0 aliphatic carbocycles. The molecule has 0 saturated carbocycles. The molecule has 1 amide bonds. The number of likely N-dealkylation sites (N-methyl/N-ethyl adjacent to an activating group) is 1. The van der Waals surface area contributed by atoms with Crippen LogP contribution in [0.2, 0.25) is 0 Å². The Bertz CT molecular complexity index is 989. The molecule has 3 heterocycles. The quantitative estimate of drug-likeness (QED) is 0.739. The van der Waals surface area contributed by atoms with Crippen LogP contribution in [-0.2, 0) is 11.2 Å². The first-order valence-electron chi connectivity index (χ1n) is 10.2. The Morgan fingerprint density at radius 1 is 1.18 bits per heavy atom. The molecule has 2 aromatic heterocycles. The van der Waals surface area contributed by atoms with E-state index in [0.717, 1.165) is 48.7 Å². The van der Waals surface area contributed by atoms with Gasteiger partial charge in [-0.1, -0.05) is 38.1 Å². The molecular formula is C23H28N4O. The molecule has 4 rings (SSSR count). The lowest BCUT2D eigenvalue weighted by atomic mass is 9.94. The molecule has 0 spiro atoms. The molecule has 1 aliphatic heterocycles. The Kier molecular flexibility index (Phi) is 5.18. The molecule has 146 valence electrons. The average Bonchev–Trinajstić information content (AvgIpc) is 3.09. The Balaban J connectivity index is 1.80. The highest BCUT2D eigenvalue weighted by molar-refractivity contribution is 5.86. The van der Waals surface area contributed by atoms with Crippen molar-refractivity contribution >= 4 is 16.8 Å². The van der Waals surface area contributed by atoms with Gasteiger partial charge >= 0.3 is 0 Å². The highest BCUT2D eigenvalue weighted by atomic mass is 16.2. The van der Waals surface area contributed by atoms with E-state index in [2.05, 4.69) is 41.9 Å². The number of benzene rings is 1. The van der Waals surface area contributed by atoms with Gasteiger partial charge in [0.05, 0.1) is 12.2 Å². The van der Waals surface area contributed by atoms with Gasteiger partial charge in [-0.05, 0) is 50.2 Å². The van der Waals surface area contributed by atoms with Crippen LogP contribution in [0.3, 0.4) is 0 Å². The largest absolute Gasteiger partial charge is 0.356 e. The third-order valence-corrected chi connectivity index (χ3v) is 5.80. The van der Waals surface area contributed by atoms with Gasteiger partial charge in [0, 0.05) is 28.8 Å². The lowest BCUT2D eigenvalue weighted by molar-refractivity contribution is -0.134. The van der Waals surface area contributed by atoms with E-state index in [1.807, 2.05) is 36.1 Å². The monoisotopic (exact) mass is 376 g/mol. The van der Waals surface area contributed by atoms with Crippen LogP contribution in [-0.4, -0.2) is 51.9 Å². The number of H-pyrrole nitrogens is 1. The third kappa shape index (κ3) is 3.31. The lowest BCUT2D eigenvalue weighted by Gasteiger charge is -2.36. The fraction of sp³-hybridized carbons (Fsp3) is 0.391. The van der Waals surface area contributed by atoms with E-state index in [1.165, 1.54) is 10.9 Å². The molecule has 3 aromatic rings. The number of aryl methyl sites for hydroxylation is 1. The van der Waals surface area contributed by atoms with E-state index in [-0.39, 0.29) is 11.9 Å². The molecule has 1 aliphatic rings. The minimum absolute atomic E-state index is 0.167. The van der Waals surface area contributed by atoms with Crippen molar-refractivity contribution < 1.29 is 4.79 Å². The molecule has 1 atom stereocenters. The molecule has 0 unspecified atom stereocenters. The van der Waals surface area contributed by atoms with Crippen LogP contribution in [0.5, 0.6) is 0 Å².